The minimum absolute atomic E-state index is 0.340. The summed E-state index contributed by atoms with van der Waals surface area (Å²) in [6, 6.07) is 39.8. The molecule has 0 aliphatic heterocycles. The van der Waals surface area contributed by atoms with Gasteiger partial charge in [0.2, 0.25) is 0 Å². The predicted octanol–water partition coefficient (Wildman–Crippen LogP) is 6.43. The summed E-state index contributed by atoms with van der Waals surface area (Å²) in [7, 11) is 0. The van der Waals surface area contributed by atoms with Crippen LogP contribution >= 0.6 is 0 Å². The van der Waals surface area contributed by atoms with Crippen molar-refractivity contribution in [3.63, 3.8) is 0 Å². The van der Waals surface area contributed by atoms with E-state index in [-0.39, 0.29) is 11.8 Å². The van der Waals surface area contributed by atoms with Crippen LogP contribution in [0.4, 0.5) is 0 Å². The Labute approximate surface area is 202 Å². The Hall–Kier alpha value is -4.88. The lowest BCUT2D eigenvalue weighted by Gasteiger charge is -2.07. The molecule has 0 heteroatoms. The fourth-order valence-electron chi connectivity index (χ4n) is 3.14. The zero-order valence-corrected chi connectivity index (χ0v) is 18.7. The van der Waals surface area contributed by atoms with Crippen molar-refractivity contribution in [2.45, 2.75) is 0 Å². The van der Waals surface area contributed by atoms with Gasteiger partial charge in [0, 0.05) is 22.3 Å². The first-order valence-electron chi connectivity index (χ1n) is 11.1. The van der Waals surface area contributed by atoms with Crippen molar-refractivity contribution in [3.05, 3.63) is 144 Å². The summed E-state index contributed by atoms with van der Waals surface area (Å²) in [6.07, 6.45) is 0. The Morgan fingerprint density at radius 2 is 0.500 bits per heavy atom. The van der Waals surface area contributed by atoms with Crippen LogP contribution in [0.1, 0.15) is 22.3 Å². The molecule has 0 nitrogen and oxygen atoms in total. The molecule has 0 bridgehead atoms. The van der Waals surface area contributed by atoms with E-state index in [0.717, 1.165) is 22.3 Å². The first-order valence-corrected chi connectivity index (χ1v) is 11.1. The highest BCUT2D eigenvalue weighted by molar-refractivity contribution is 5.45. The van der Waals surface area contributed by atoms with Gasteiger partial charge in [-0.1, -0.05) is 120 Å². The predicted molar refractivity (Wildman–Crippen MR) is 140 cm³/mol. The highest BCUT2D eigenvalue weighted by Crippen LogP contribution is 2.12. The monoisotopic (exact) mass is 430 g/mol. The largest absolute Gasteiger partial charge is 0.107 e. The van der Waals surface area contributed by atoms with Crippen molar-refractivity contribution in [2.24, 2.45) is 11.8 Å². The lowest BCUT2D eigenvalue weighted by atomic mass is 9.92. The van der Waals surface area contributed by atoms with Crippen LogP contribution in [0.2, 0.25) is 0 Å². The quantitative estimate of drug-likeness (QED) is 0.306. The molecular weight excluding hydrogens is 408 g/mol. The molecule has 0 N–H and O–H groups in total. The number of hydrogen-bond acceptors (Lipinski definition) is 0. The Morgan fingerprint density at radius 1 is 0.294 bits per heavy atom. The van der Waals surface area contributed by atoms with Crippen molar-refractivity contribution in [2.75, 3.05) is 0 Å². The smallest absolute Gasteiger partial charge is 0.0790 e. The van der Waals surface area contributed by atoms with Gasteiger partial charge < -0.3 is 0 Å². The third kappa shape index (κ3) is 7.08. The van der Waals surface area contributed by atoms with Crippen molar-refractivity contribution >= 4 is 0 Å². The molecule has 0 heterocycles. The molecule has 0 saturated carbocycles. The lowest BCUT2D eigenvalue weighted by molar-refractivity contribution is 0.767. The van der Waals surface area contributed by atoms with Crippen LogP contribution in [0, 0.1) is 59.2 Å². The maximum absolute atomic E-state index is 3.35. The number of hydrogen-bond donors (Lipinski definition) is 0. The zero-order valence-electron chi connectivity index (χ0n) is 18.7. The topological polar surface area (TPSA) is 0 Å². The third-order valence-electron chi connectivity index (χ3n) is 4.92. The molecule has 4 aromatic rings. The fraction of sp³-hybridized carbons (Fsp3) is 0.0588. The van der Waals surface area contributed by atoms with Crippen molar-refractivity contribution in [1.29, 1.82) is 0 Å². The summed E-state index contributed by atoms with van der Waals surface area (Å²) in [5.74, 6) is 25.8. The lowest BCUT2D eigenvalue weighted by Crippen LogP contribution is -2.08. The van der Waals surface area contributed by atoms with Crippen molar-refractivity contribution < 1.29 is 0 Å². The van der Waals surface area contributed by atoms with Gasteiger partial charge >= 0.3 is 0 Å². The second-order valence-electron chi connectivity index (χ2n) is 7.50. The average molecular weight is 431 g/mol. The molecule has 0 atom stereocenters. The molecular formula is C34H22. The standard InChI is InChI=1S/C34H22/c1-5-13-29(14-6-1)21-25-33(26-22-30-15-7-2-8-16-30)34(27-23-31-17-9-3-10-18-31)28-24-32-19-11-4-12-20-32/h1-20,33-34H. The van der Waals surface area contributed by atoms with Gasteiger partial charge in [-0.25, -0.2) is 0 Å². The van der Waals surface area contributed by atoms with Gasteiger partial charge in [0.25, 0.3) is 0 Å². The van der Waals surface area contributed by atoms with Gasteiger partial charge in [-0.15, -0.1) is 0 Å². The van der Waals surface area contributed by atoms with Crippen LogP contribution in [0.3, 0.4) is 0 Å². The van der Waals surface area contributed by atoms with Gasteiger partial charge in [-0.2, -0.15) is 0 Å². The summed E-state index contributed by atoms with van der Waals surface area (Å²) < 4.78 is 0. The summed E-state index contributed by atoms with van der Waals surface area (Å²) in [4.78, 5) is 0. The molecule has 34 heavy (non-hydrogen) atoms. The van der Waals surface area contributed by atoms with E-state index in [9.17, 15) is 0 Å². The molecule has 0 fully saturated rings. The highest BCUT2D eigenvalue weighted by atomic mass is 14.1. The molecule has 4 rings (SSSR count). The second kappa shape index (κ2) is 12.2. The van der Waals surface area contributed by atoms with Crippen molar-refractivity contribution in [3.8, 4) is 47.4 Å². The molecule has 0 amide bonds. The molecule has 0 aliphatic carbocycles. The van der Waals surface area contributed by atoms with Gasteiger partial charge in [-0.05, 0) is 48.5 Å². The Morgan fingerprint density at radius 3 is 0.706 bits per heavy atom. The van der Waals surface area contributed by atoms with E-state index in [4.69, 9.17) is 0 Å². The molecule has 0 radical (unpaired) electrons. The fourth-order valence-corrected chi connectivity index (χ4v) is 3.14. The molecule has 0 aliphatic rings. The first kappa shape index (κ1) is 22.3. The summed E-state index contributed by atoms with van der Waals surface area (Å²) in [5.41, 5.74) is 3.78. The van der Waals surface area contributed by atoms with E-state index in [2.05, 4.69) is 47.4 Å². The van der Waals surface area contributed by atoms with E-state index in [1.807, 2.05) is 121 Å². The normalized spacial score (nSPS) is 9.35. The Balaban J connectivity index is 1.76. The maximum Gasteiger partial charge on any atom is 0.107 e. The molecule has 0 aromatic heterocycles. The maximum atomic E-state index is 3.35. The van der Waals surface area contributed by atoms with E-state index >= 15 is 0 Å². The SMILES string of the molecule is C(#CC(C#Cc1ccccc1)C(C#Cc1ccccc1)C#Cc1ccccc1)c1ccccc1. The van der Waals surface area contributed by atoms with Crippen LogP contribution in [-0.4, -0.2) is 0 Å². The minimum Gasteiger partial charge on any atom is -0.0790 e. The second-order valence-corrected chi connectivity index (χ2v) is 7.50. The van der Waals surface area contributed by atoms with E-state index in [1.165, 1.54) is 0 Å². The molecule has 0 unspecified atom stereocenters. The number of rotatable bonds is 1. The van der Waals surface area contributed by atoms with Gasteiger partial charge in [0.15, 0.2) is 0 Å². The average Bonchev–Trinajstić information content (AvgIpc) is 2.91. The Bertz CT molecular complexity index is 1200. The van der Waals surface area contributed by atoms with Gasteiger partial charge in [-0.3, -0.25) is 0 Å². The van der Waals surface area contributed by atoms with E-state index in [0.29, 0.717) is 0 Å². The first-order chi connectivity index (χ1) is 16.9. The van der Waals surface area contributed by atoms with Crippen LogP contribution in [0.15, 0.2) is 121 Å². The molecule has 0 spiro atoms. The van der Waals surface area contributed by atoms with Crippen molar-refractivity contribution in [1.82, 2.24) is 0 Å². The van der Waals surface area contributed by atoms with Crippen LogP contribution in [-0.2, 0) is 0 Å². The molecule has 0 saturated heterocycles. The third-order valence-corrected chi connectivity index (χ3v) is 4.92. The van der Waals surface area contributed by atoms with Crippen LogP contribution in [0.25, 0.3) is 0 Å². The molecule has 4 aromatic carbocycles. The van der Waals surface area contributed by atoms with Gasteiger partial charge in [0.05, 0.1) is 0 Å². The summed E-state index contributed by atoms with van der Waals surface area (Å²) >= 11 is 0. The zero-order chi connectivity index (χ0) is 23.3. The van der Waals surface area contributed by atoms with E-state index in [1.54, 1.807) is 0 Å². The Kier molecular flexibility index (Phi) is 8.03. The van der Waals surface area contributed by atoms with Gasteiger partial charge in [0.1, 0.15) is 11.8 Å². The van der Waals surface area contributed by atoms with E-state index < -0.39 is 0 Å². The summed E-state index contributed by atoms with van der Waals surface area (Å²) in [5, 5.41) is 0. The van der Waals surface area contributed by atoms with Crippen LogP contribution in [0.5, 0.6) is 0 Å². The number of benzene rings is 4. The minimum atomic E-state index is -0.340. The van der Waals surface area contributed by atoms with Crippen LogP contribution < -0.4 is 0 Å². The highest BCUT2D eigenvalue weighted by Gasteiger charge is 2.13. The molecule has 158 valence electrons. The summed E-state index contributed by atoms with van der Waals surface area (Å²) in [6.45, 7) is 0.